The summed E-state index contributed by atoms with van der Waals surface area (Å²) in [5.41, 5.74) is 1.47. The fraction of sp³-hybridized carbons (Fsp3) is 0.429. The number of carbonyl (C=O) groups is 2. The maximum atomic E-state index is 13.4. The van der Waals surface area contributed by atoms with Crippen molar-refractivity contribution in [2.75, 3.05) is 0 Å². The number of aromatic nitrogens is 3. The third-order valence-corrected chi connectivity index (χ3v) is 6.08. The molecule has 1 saturated carbocycles. The highest BCUT2D eigenvalue weighted by atomic mass is 19.4. The van der Waals surface area contributed by atoms with Crippen LogP contribution in [0.3, 0.4) is 0 Å². The summed E-state index contributed by atoms with van der Waals surface area (Å²) >= 11 is 0. The molecule has 2 amide bonds. The second-order valence-corrected chi connectivity index (χ2v) is 10.9. The van der Waals surface area contributed by atoms with Crippen LogP contribution >= 0.6 is 0 Å². The molecule has 40 heavy (non-hydrogen) atoms. The van der Waals surface area contributed by atoms with Gasteiger partial charge >= 0.3 is 12.5 Å². The molecule has 0 saturated heterocycles. The Hall–Kier alpha value is -4.09. The minimum absolute atomic E-state index is 0.00258. The second-order valence-electron chi connectivity index (χ2n) is 10.9. The molecule has 4 rings (SSSR count). The molecule has 214 valence electrons. The molecule has 1 fully saturated rings. The van der Waals surface area contributed by atoms with Crippen LogP contribution in [-0.2, 0) is 18.3 Å². The Labute approximate surface area is 229 Å². The van der Waals surface area contributed by atoms with Gasteiger partial charge in [0.15, 0.2) is 0 Å². The lowest BCUT2D eigenvalue weighted by Gasteiger charge is -2.19. The highest BCUT2D eigenvalue weighted by Gasteiger charge is 2.35. The van der Waals surface area contributed by atoms with Gasteiger partial charge in [0, 0.05) is 31.2 Å². The molecule has 0 aliphatic heterocycles. The van der Waals surface area contributed by atoms with E-state index in [1.54, 1.807) is 55.5 Å². The van der Waals surface area contributed by atoms with Crippen LogP contribution in [0.4, 0.5) is 18.0 Å². The van der Waals surface area contributed by atoms with Crippen molar-refractivity contribution in [1.82, 2.24) is 19.4 Å². The molecule has 1 aromatic carbocycles. The number of rotatable bonds is 7. The predicted octanol–water partition coefficient (Wildman–Crippen LogP) is 5.19. The van der Waals surface area contributed by atoms with Gasteiger partial charge in [-0.1, -0.05) is 0 Å². The summed E-state index contributed by atoms with van der Waals surface area (Å²) in [4.78, 5) is 34.1. The Kier molecular flexibility index (Phi) is 8.08. The number of hydrogen-bond acceptors (Lipinski definition) is 5. The van der Waals surface area contributed by atoms with E-state index in [0.29, 0.717) is 11.3 Å². The average Bonchev–Trinajstić information content (AvgIpc) is 3.61. The Morgan fingerprint density at radius 2 is 1.88 bits per heavy atom. The van der Waals surface area contributed by atoms with Gasteiger partial charge in [-0.05, 0) is 87.9 Å². The van der Waals surface area contributed by atoms with Crippen molar-refractivity contribution in [3.05, 3.63) is 76.9 Å². The van der Waals surface area contributed by atoms with Crippen molar-refractivity contribution >= 4 is 12.0 Å². The zero-order valence-electron chi connectivity index (χ0n) is 23.0. The number of hydrogen-bond donors (Lipinski definition) is 1. The molecule has 2 heterocycles. The number of nitrogens with one attached hydrogen (secondary N) is 1. The van der Waals surface area contributed by atoms with E-state index in [1.165, 1.54) is 12.1 Å². The summed E-state index contributed by atoms with van der Waals surface area (Å²) in [5.74, 6) is -0.885. The molecule has 1 N–H and O–H groups in total. The zero-order valence-corrected chi connectivity index (χ0v) is 23.0. The van der Waals surface area contributed by atoms with Crippen LogP contribution in [0.5, 0.6) is 5.75 Å². The van der Waals surface area contributed by atoms with E-state index in [1.807, 2.05) is 19.1 Å². The molecular formula is C28H32F3N5O4. The van der Waals surface area contributed by atoms with Gasteiger partial charge in [0.2, 0.25) is 5.62 Å². The number of carbonyl (C=O) groups excluding carboxylic acids is 2. The van der Waals surface area contributed by atoms with Gasteiger partial charge in [-0.2, -0.15) is 0 Å². The molecule has 1 unspecified atom stereocenters. The van der Waals surface area contributed by atoms with Crippen LogP contribution in [0.15, 0.2) is 53.9 Å². The van der Waals surface area contributed by atoms with E-state index >= 15 is 0 Å². The molecular weight excluding hydrogens is 527 g/mol. The van der Waals surface area contributed by atoms with Gasteiger partial charge in [-0.15, -0.1) is 18.2 Å². The standard InChI is InChI=1S/C28H32F3N5O4/c1-17-8-9-32-22(12-17)23(19-6-7-19)33-24(37)20-13-18(14-21(15-20)39-28(29,30)31)16-36-11-10-35(5)25(36)34-26(38)40-27(2,3)4/h8-15,19,23H,6-7,16H2,1-5H3,(H,33,37)/b34-25+. The highest BCUT2D eigenvalue weighted by molar-refractivity contribution is 5.95. The fourth-order valence-corrected chi connectivity index (χ4v) is 4.24. The van der Waals surface area contributed by atoms with E-state index in [9.17, 15) is 22.8 Å². The molecule has 1 aliphatic rings. The Bertz CT molecular complexity index is 1470. The van der Waals surface area contributed by atoms with E-state index in [4.69, 9.17) is 4.74 Å². The second kappa shape index (κ2) is 11.2. The van der Waals surface area contributed by atoms with E-state index in [2.05, 4.69) is 20.0 Å². The third kappa shape index (κ3) is 7.96. The number of amides is 2. The molecule has 1 aliphatic carbocycles. The smallest absolute Gasteiger partial charge is 0.442 e. The molecule has 12 heteroatoms. The summed E-state index contributed by atoms with van der Waals surface area (Å²) < 4.78 is 52.1. The average molecular weight is 560 g/mol. The largest absolute Gasteiger partial charge is 0.573 e. The molecule has 1 atom stereocenters. The lowest BCUT2D eigenvalue weighted by molar-refractivity contribution is -0.274. The number of ether oxygens (including phenoxy) is 2. The maximum absolute atomic E-state index is 13.4. The molecule has 9 nitrogen and oxygen atoms in total. The summed E-state index contributed by atoms with van der Waals surface area (Å²) in [6.07, 6.45) is 0.988. The first-order valence-corrected chi connectivity index (χ1v) is 12.8. The first-order chi connectivity index (χ1) is 18.7. The maximum Gasteiger partial charge on any atom is 0.573 e. The first-order valence-electron chi connectivity index (χ1n) is 12.8. The lowest BCUT2D eigenvalue weighted by atomic mass is 10.0. The van der Waals surface area contributed by atoms with Crippen LogP contribution in [0, 0.1) is 12.8 Å². The fourth-order valence-electron chi connectivity index (χ4n) is 4.24. The monoisotopic (exact) mass is 559 g/mol. The summed E-state index contributed by atoms with van der Waals surface area (Å²) in [5, 5.41) is 2.95. The van der Waals surface area contributed by atoms with Crippen molar-refractivity contribution < 1.29 is 32.2 Å². The Morgan fingerprint density at radius 1 is 1.15 bits per heavy atom. The van der Waals surface area contributed by atoms with Gasteiger partial charge in [-0.25, -0.2) is 4.79 Å². The van der Waals surface area contributed by atoms with Crippen LogP contribution in [0.1, 0.15) is 66.8 Å². The van der Waals surface area contributed by atoms with Crippen LogP contribution in [0.2, 0.25) is 0 Å². The van der Waals surface area contributed by atoms with Crippen LogP contribution in [0.25, 0.3) is 0 Å². The quantitative estimate of drug-likeness (QED) is 0.429. The third-order valence-electron chi connectivity index (χ3n) is 6.08. The summed E-state index contributed by atoms with van der Waals surface area (Å²) in [6, 6.07) is 7.11. The van der Waals surface area contributed by atoms with Crippen LogP contribution < -0.4 is 15.7 Å². The zero-order chi connectivity index (χ0) is 29.2. The highest BCUT2D eigenvalue weighted by Crippen LogP contribution is 2.40. The number of nitrogens with zero attached hydrogens (tertiary/aromatic N) is 4. The summed E-state index contributed by atoms with van der Waals surface area (Å²) in [7, 11) is 1.67. The van der Waals surface area contributed by atoms with E-state index in [-0.39, 0.29) is 29.7 Å². The number of aryl methyl sites for hydroxylation is 2. The molecule has 3 aromatic rings. The van der Waals surface area contributed by atoms with Crippen molar-refractivity contribution in [3.63, 3.8) is 0 Å². The number of imidazole rings is 1. The minimum atomic E-state index is -4.95. The van der Waals surface area contributed by atoms with Gasteiger partial charge in [-0.3, -0.25) is 9.78 Å². The number of pyridine rings is 1. The molecule has 0 radical (unpaired) electrons. The van der Waals surface area contributed by atoms with Gasteiger partial charge in [0.05, 0.1) is 18.3 Å². The van der Waals surface area contributed by atoms with Gasteiger partial charge in [0.1, 0.15) is 11.4 Å². The van der Waals surface area contributed by atoms with Gasteiger partial charge < -0.3 is 23.9 Å². The molecule has 0 bridgehead atoms. The molecule has 0 spiro atoms. The van der Waals surface area contributed by atoms with Crippen molar-refractivity contribution in [1.29, 1.82) is 0 Å². The normalized spacial score (nSPS) is 15.1. The minimum Gasteiger partial charge on any atom is -0.442 e. The number of benzene rings is 1. The summed E-state index contributed by atoms with van der Waals surface area (Å²) in [6.45, 7) is 7.05. The topological polar surface area (TPSA) is 99.7 Å². The van der Waals surface area contributed by atoms with E-state index in [0.717, 1.165) is 24.5 Å². The Morgan fingerprint density at radius 3 is 2.50 bits per heavy atom. The van der Waals surface area contributed by atoms with Crippen LogP contribution in [-0.4, -0.2) is 38.1 Å². The number of alkyl halides is 3. The molecule has 2 aromatic heterocycles. The van der Waals surface area contributed by atoms with Crippen molar-refractivity contribution in [2.24, 2.45) is 18.0 Å². The Balaban J connectivity index is 1.66. The SMILES string of the molecule is Cc1ccnc(C(NC(=O)c2cc(Cn3ccn(C)/c3=N\C(=O)OC(C)(C)C)cc(OC(F)(F)F)c2)C2CC2)c1. The van der Waals surface area contributed by atoms with Gasteiger partial charge in [0.25, 0.3) is 5.91 Å². The lowest BCUT2D eigenvalue weighted by Crippen LogP contribution is -2.31. The first kappa shape index (κ1) is 28.9. The number of halogens is 3. The van der Waals surface area contributed by atoms with Crippen molar-refractivity contribution in [3.8, 4) is 5.75 Å². The predicted molar refractivity (Wildman–Crippen MR) is 139 cm³/mol. The van der Waals surface area contributed by atoms with E-state index < -0.39 is 29.7 Å². The van der Waals surface area contributed by atoms with Crippen molar-refractivity contribution in [2.45, 2.75) is 65.1 Å².